The minimum Gasteiger partial charge on any atom is -0.383 e. The van der Waals surface area contributed by atoms with Crippen molar-refractivity contribution in [3.8, 4) is 0 Å². The molecule has 1 saturated heterocycles. The first-order chi connectivity index (χ1) is 19.0. The molecule has 0 bridgehead atoms. The number of amides is 1. The average molecular weight is 524 g/mol. The summed E-state index contributed by atoms with van der Waals surface area (Å²) in [6.45, 7) is 4.60. The normalized spacial score (nSPS) is 20.7. The Morgan fingerprint density at radius 3 is 2.28 bits per heavy atom. The fourth-order valence-electron chi connectivity index (χ4n) is 6.18. The third-order valence-electron chi connectivity index (χ3n) is 8.46. The molecule has 0 unspecified atom stereocenters. The number of hydrogen-bond donors (Lipinski definition) is 2. The van der Waals surface area contributed by atoms with Crippen molar-refractivity contribution in [2.75, 3.05) is 44.3 Å². The molecule has 1 aliphatic heterocycles. The highest BCUT2D eigenvalue weighted by atomic mass is 16.1. The molecule has 1 aliphatic carbocycles. The van der Waals surface area contributed by atoms with E-state index in [2.05, 4.69) is 73.1 Å². The Labute approximate surface area is 229 Å². The molecule has 4 aromatic rings. The van der Waals surface area contributed by atoms with E-state index < -0.39 is 0 Å². The summed E-state index contributed by atoms with van der Waals surface area (Å²) in [4.78, 5) is 27.3. The molecule has 3 heterocycles. The third kappa shape index (κ3) is 5.53. The molecule has 8 heteroatoms. The van der Waals surface area contributed by atoms with E-state index in [1.165, 1.54) is 17.5 Å². The smallest absolute Gasteiger partial charge is 0.258 e. The standard InChI is InChI=1S/C31H37N7O/c1-36-15-17-37(18-16-36)25-11-13-26(14-12-25)38-20-27(28-29(32)33-21-34-30(28)38)31(39)35-24-9-7-23(8-10-24)19-22-5-3-2-4-6-22/h2-10,20-21,25-26H,11-19H2,1H3,(H,35,39)(H2,32,33,34). The van der Waals surface area contributed by atoms with Gasteiger partial charge in [0.2, 0.25) is 0 Å². The third-order valence-corrected chi connectivity index (χ3v) is 8.46. The van der Waals surface area contributed by atoms with E-state index in [-0.39, 0.29) is 5.91 Å². The maximum absolute atomic E-state index is 13.5. The Hall–Kier alpha value is -3.75. The molecule has 2 aromatic carbocycles. The second kappa shape index (κ2) is 11.2. The first-order valence-corrected chi connectivity index (χ1v) is 14.0. The van der Waals surface area contributed by atoms with Crippen LogP contribution in [0.25, 0.3) is 11.0 Å². The van der Waals surface area contributed by atoms with Gasteiger partial charge in [0.05, 0.1) is 10.9 Å². The molecule has 8 nitrogen and oxygen atoms in total. The van der Waals surface area contributed by atoms with Crippen molar-refractivity contribution < 1.29 is 4.79 Å². The summed E-state index contributed by atoms with van der Waals surface area (Å²) >= 11 is 0. The van der Waals surface area contributed by atoms with E-state index in [1.807, 2.05) is 24.4 Å². The van der Waals surface area contributed by atoms with Crippen molar-refractivity contribution in [3.63, 3.8) is 0 Å². The summed E-state index contributed by atoms with van der Waals surface area (Å²) < 4.78 is 2.17. The summed E-state index contributed by atoms with van der Waals surface area (Å²) in [5.41, 5.74) is 10.8. The largest absolute Gasteiger partial charge is 0.383 e. The Morgan fingerprint density at radius 2 is 1.56 bits per heavy atom. The summed E-state index contributed by atoms with van der Waals surface area (Å²) in [6.07, 6.45) is 8.74. The molecule has 0 spiro atoms. The molecule has 1 amide bonds. The number of nitrogens with zero attached hydrogens (tertiary/aromatic N) is 5. The highest BCUT2D eigenvalue weighted by molar-refractivity contribution is 6.14. The number of piperazine rings is 1. The Balaban J connectivity index is 1.17. The SMILES string of the molecule is CN1CCN(C2CCC(n3cc(C(=O)Nc4ccc(Cc5ccccc5)cc4)c4c(N)ncnc43)CC2)CC1. The van der Waals surface area contributed by atoms with Gasteiger partial charge in [-0.25, -0.2) is 9.97 Å². The Bertz CT molecular complexity index is 1420. The zero-order valence-electron chi connectivity index (χ0n) is 22.6. The summed E-state index contributed by atoms with van der Waals surface area (Å²) in [7, 11) is 2.20. The minimum atomic E-state index is -0.192. The van der Waals surface area contributed by atoms with E-state index in [0.717, 1.165) is 69.6 Å². The van der Waals surface area contributed by atoms with Gasteiger partial charge in [0, 0.05) is 50.1 Å². The van der Waals surface area contributed by atoms with Crippen LogP contribution >= 0.6 is 0 Å². The Morgan fingerprint density at radius 1 is 0.897 bits per heavy atom. The number of fused-ring (bicyclic) bond motifs is 1. The number of rotatable bonds is 6. The van der Waals surface area contributed by atoms with Gasteiger partial charge in [-0.1, -0.05) is 42.5 Å². The molecular weight excluding hydrogens is 486 g/mol. The maximum atomic E-state index is 13.5. The van der Waals surface area contributed by atoms with Gasteiger partial charge < -0.3 is 20.5 Å². The fourth-order valence-corrected chi connectivity index (χ4v) is 6.18. The van der Waals surface area contributed by atoms with Crippen LogP contribution in [0.15, 0.2) is 67.1 Å². The molecule has 6 rings (SSSR count). The predicted molar refractivity (Wildman–Crippen MR) is 156 cm³/mol. The van der Waals surface area contributed by atoms with Gasteiger partial charge in [0.25, 0.3) is 5.91 Å². The van der Waals surface area contributed by atoms with Gasteiger partial charge in [-0.15, -0.1) is 0 Å². The fraction of sp³-hybridized carbons (Fsp3) is 0.387. The number of hydrogen-bond acceptors (Lipinski definition) is 6. The lowest BCUT2D eigenvalue weighted by molar-refractivity contribution is 0.0827. The monoisotopic (exact) mass is 523 g/mol. The van der Waals surface area contributed by atoms with Crippen LogP contribution < -0.4 is 11.1 Å². The summed E-state index contributed by atoms with van der Waals surface area (Å²) in [6, 6.07) is 19.3. The summed E-state index contributed by atoms with van der Waals surface area (Å²) in [5.74, 6) is 0.149. The van der Waals surface area contributed by atoms with E-state index in [4.69, 9.17) is 5.73 Å². The molecule has 2 fully saturated rings. The number of carbonyl (C=O) groups excluding carboxylic acids is 1. The van der Waals surface area contributed by atoms with Crippen molar-refractivity contribution >= 4 is 28.4 Å². The van der Waals surface area contributed by atoms with E-state index >= 15 is 0 Å². The zero-order chi connectivity index (χ0) is 26.8. The van der Waals surface area contributed by atoms with Crippen LogP contribution in [0, 0.1) is 0 Å². The zero-order valence-corrected chi connectivity index (χ0v) is 22.6. The van der Waals surface area contributed by atoms with Crippen LogP contribution in [0.1, 0.15) is 53.2 Å². The lowest BCUT2D eigenvalue weighted by Crippen LogP contribution is -2.49. The highest BCUT2D eigenvalue weighted by Gasteiger charge is 2.30. The van der Waals surface area contributed by atoms with Gasteiger partial charge in [-0.3, -0.25) is 9.69 Å². The molecule has 202 valence electrons. The number of nitrogens with two attached hydrogens (primary N) is 1. The van der Waals surface area contributed by atoms with Gasteiger partial charge in [-0.2, -0.15) is 0 Å². The van der Waals surface area contributed by atoms with Crippen molar-refractivity contribution in [1.82, 2.24) is 24.3 Å². The average Bonchev–Trinajstić information content (AvgIpc) is 3.36. The van der Waals surface area contributed by atoms with Crippen LogP contribution in [0.4, 0.5) is 11.5 Å². The van der Waals surface area contributed by atoms with Crippen LogP contribution in [-0.2, 0) is 6.42 Å². The number of nitrogens with one attached hydrogen (secondary N) is 1. The number of likely N-dealkylation sites (N-methyl/N-ethyl adjacent to an activating group) is 1. The van der Waals surface area contributed by atoms with Crippen molar-refractivity contribution in [1.29, 1.82) is 0 Å². The lowest BCUT2D eigenvalue weighted by Gasteiger charge is -2.41. The quantitative estimate of drug-likeness (QED) is 0.384. The minimum absolute atomic E-state index is 0.192. The topological polar surface area (TPSA) is 92.3 Å². The first-order valence-electron chi connectivity index (χ1n) is 14.0. The van der Waals surface area contributed by atoms with Crippen LogP contribution in [0.3, 0.4) is 0 Å². The number of carbonyl (C=O) groups is 1. The number of aromatic nitrogens is 3. The number of anilines is 2. The van der Waals surface area contributed by atoms with Gasteiger partial charge in [-0.05, 0) is 62.4 Å². The van der Waals surface area contributed by atoms with Crippen LogP contribution in [0.2, 0.25) is 0 Å². The molecule has 0 radical (unpaired) electrons. The van der Waals surface area contributed by atoms with E-state index in [0.29, 0.717) is 28.9 Å². The van der Waals surface area contributed by atoms with Crippen molar-refractivity contribution in [2.45, 2.75) is 44.2 Å². The van der Waals surface area contributed by atoms with E-state index in [1.54, 1.807) is 0 Å². The van der Waals surface area contributed by atoms with Gasteiger partial charge in [0.15, 0.2) is 0 Å². The number of nitrogen functional groups attached to an aromatic ring is 1. The molecule has 0 atom stereocenters. The predicted octanol–water partition coefficient (Wildman–Crippen LogP) is 4.59. The highest BCUT2D eigenvalue weighted by Crippen LogP contribution is 2.36. The molecule has 3 N–H and O–H groups in total. The summed E-state index contributed by atoms with van der Waals surface area (Å²) in [5, 5.41) is 3.70. The van der Waals surface area contributed by atoms with Crippen LogP contribution in [-0.4, -0.2) is 69.5 Å². The molecule has 2 aromatic heterocycles. The Kier molecular flexibility index (Phi) is 7.30. The van der Waals surface area contributed by atoms with Gasteiger partial charge in [0.1, 0.15) is 17.8 Å². The molecule has 1 saturated carbocycles. The second-order valence-electron chi connectivity index (χ2n) is 11.0. The van der Waals surface area contributed by atoms with Crippen molar-refractivity contribution in [3.05, 3.63) is 83.8 Å². The number of benzene rings is 2. The van der Waals surface area contributed by atoms with E-state index in [9.17, 15) is 4.79 Å². The lowest BCUT2D eigenvalue weighted by atomic mass is 9.89. The van der Waals surface area contributed by atoms with Crippen LogP contribution in [0.5, 0.6) is 0 Å². The van der Waals surface area contributed by atoms with Crippen molar-refractivity contribution in [2.24, 2.45) is 0 Å². The molecular formula is C31H37N7O. The second-order valence-corrected chi connectivity index (χ2v) is 11.0. The molecule has 39 heavy (non-hydrogen) atoms. The first kappa shape index (κ1) is 25.5. The molecule has 2 aliphatic rings. The van der Waals surface area contributed by atoms with Gasteiger partial charge >= 0.3 is 0 Å². The maximum Gasteiger partial charge on any atom is 0.258 e.